The molecule has 2 heterocycles. The van der Waals surface area contributed by atoms with E-state index < -0.39 is 0 Å². The second-order valence-electron chi connectivity index (χ2n) is 5.97. The molecule has 136 valence electrons. The predicted molar refractivity (Wildman–Crippen MR) is 107 cm³/mol. The van der Waals surface area contributed by atoms with Gasteiger partial charge in [0.15, 0.2) is 5.82 Å². The van der Waals surface area contributed by atoms with Crippen LogP contribution in [0.15, 0.2) is 53.9 Å². The lowest BCUT2D eigenvalue weighted by molar-refractivity contribution is 0.402. The van der Waals surface area contributed by atoms with Crippen molar-refractivity contribution in [3.8, 4) is 11.5 Å². The first-order valence-electron chi connectivity index (χ1n) is 8.42. The summed E-state index contributed by atoms with van der Waals surface area (Å²) in [6, 6.07) is 13.7. The fourth-order valence-corrected chi connectivity index (χ4v) is 3.17. The lowest BCUT2D eigenvalue weighted by Gasteiger charge is -2.07. The van der Waals surface area contributed by atoms with Gasteiger partial charge in [0.2, 0.25) is 0 Å². The van der Waals surface area contributed by atoms with Crippen molar-refractivity contribution in [2.75, 3.05) is 19.6 Å². The highest BCUT2D eigenvalue weighted by molar-refractivity contribution is 6.08. The average molecular weight is 361 g/mol. The van der Waals surface area contributed by atoms with E-state index in [2.05, 4.69) is 37.2 Å². The number of para-hydroxylation sites is 1. The third kappa shape index (κ3) is 2.93. The fraction of sp³-hybridized carbons (Fsp3) is 0.150. The maximum Gasteiger partial charge on any atom is 0.174 e. The SMILES string of the molecule is COc1ccc(OC)c(C=NNc2ncnc3c4ccccc4n(C)c23)c1. The Morgan fingerprint density at radius 1 is 1.07 bits per heavy atom. The van der Waals surface area contributed by atoms with Crippen molar-refractivity contribution in [3.05, 3.63) is 54.4 Å². The second kappa shape index (κ2) is 6.95. The Kier molecular flexibility index (Phi) is 4.33. The summed E-state index contributed by atoms with van der Waals surface area (Å²) in [5.41, 5.74) is 6.70. The van der Waals surface area contributed by atoms with Crippen molar-refractivity contribution < 1.29 is 9.47 Å². The third-order valence-electron chi connectivity index (χ3n) is 4.49. The maximum atomic E-state index is 5.37. The van der Waals surface area contributed by atoms with Crippen LogP contribution in [-0.2, 0) is 7.05 Å². The highest BCUT2D eigenvalue weighted by Crippen LogP contribution is 2.29. The first-order chi connectivity index (χ1) is 13.2. The summed E-state index contributed by atoms with van der Waals surface area (Å²) in [6.45, 7) is 0. The molecule has 0 aliphatic carbocycles. The summed E-state index contributed by atoms with van der Waals surface area (Å²) >= 11 is 0. The summed E-state index contributed by atoms with van der Waals surface area (Å²) in [7, 11) is 5.24. The van der Waals surface area contributed by atoms with Gasteiger partial charge in [0.25, 0.3) is 0 Å². The number of nitrogens with one attached hydrogen (secondary N) is 1. The van der Waals surface area contributed by atoms with Gasteiger partial charge in [-0.15, -0.1) is 0 Å². The van der Waals surface area contributed by atoms with Crippen LogP contribution in [0.1, 0.15) is 5.56 Å². The quantitative estimate of drug-likeness (QED) is 0.434. The Morgan fingerprint density at radius 3 is 2.74 bits per heavy atom. The number of hydrazone groups is 1. The van der Waals surface area contributed by atoms with Crippen LogP contribution in [0.2, 0.25) is 0 Å². The minimum atomic E-state index is 0.636. The minimum absolute atomic E-state index is 0.636. The molecule has 0 amide bonds. The lowest BCUT2D eigenvalue weighted by Crippen LogP contribution is -1.99. The Balaban J connectivity index is 1.72. The van der Waals surface area contributed by atoms with E-state index >= 15 is 0 Å². The van der Waals surface area contributed by atoms with E-state index in [4.69, 9.17) is 9.47 Å². The molecule has 7 nitrogen and oxygen atoms in total. The molecule has 27 heavy (non-hydrogen) atoms. The van der Waals surface area contributed by atoms with E-state index in [1.54, 1.807) is 26.8 Å². The predicted octanol–water partition coefficient (Wildman–Crippen LogP) is 3.58. The van der Waals surface area contributed by atoms with E-state index in [1.807, 2.05) is 37.4 Å². The van der Waals surface area contributed by atoms with Gasteiger partial charge >= 0.3 is 0 Å². The molecule has 4 aromatic rings. The Labute approximate surface area is 156 Å². The molecule has 0 atom stereocenters. The summed E-state index contributed by atoms with van der Waals surface area (Å²) in [5.74, 6) is 2.07. The van der Waals surface area contributed by atoms with E-state index in [-0.39, 0.29) is 0 Å². The van der Waals surface area contributed by atoms with Crippen molar-refractivity contribution in [1.29, 1.82) is 0 Å². The molecule has 0 aliphatic heterocycles. The van der Waals surface area contributed by atoms with Crippen molar-refractivity contribution in [2.24, 2.45) is 12.1 Å². The molecule has 0 fully saturated rings. The molecule has 0 unspecified atom stereocenters. The highest BCUT2D eigenvalue weighted by Gasteiger charge is 2.13. The standard InChI is InChI=1S/C20H19N5O2/c1-25-16-7-5-4-6-15(16)18-19(25)20(22-12-21-18)24-23-11-13-10-14(26-2)8-9-17(13)27-3/h4-12H,1-3H3,(H,21,22,24). The molecular formula is C20H19N5O2. The van der Waals surface area contributed by atoms with Gasteiger partial charge in [-0.3, -0.25) is 5.43 Å². The van der Waals surface area contributed by atoms with Crippen LogP contribution in [0.4, 0.5) is 5.82 Å². The van der Waals surface area contributed by atoms with Crippen LogP contribution in [0, 0.1) is 0 Å². The van der Waals surface area contributed by atoms with Crippen molar-refractivity contribution >= 4 is 34.0 Å². The van der Waals surface area contributed by atoms with Crippen LogP contribution in [0.5, 0.6) is 11.5 Å². The topological polar surface area (TPSA) is 73.6 Å². The van der Waals surface area contributed by atoms with Gasteiger partial charge in [0.1, 0.15) is 28.9 Å². The summed E-state index contributed by atoms with van der Waals surface area (Å²) < 4.78 is 12.7. The highest BCUT2D eigenvalue weighted by atomic mass is 16.5. The summed E-state index contributed by atoms with van der Waals surface area (Å²) in [4.78, 5) is 8.80. The number of aryl methyl sites for hydroxylation is 1. The monoisotopic (exact) mass is 361 g/mol. The second-order valence-corrected chi connectivity index (χ2v) is 5.97. The van der Waals surface area contributed by atoms with Gasteiger partial charge in [0, 0.05) is 18.0 Å². The number of methoxy groups -OCH3 is 2. The number of hydrogen-bond acceptors (Lipinski definition) is 6. The summed E-state index contributed by atoms with van der Waals surface area (Å²) in [6.07, 6.45) is 3.22. The minimum Gasteiger partial charge on any atom is -0.497 e. The molecule has 2 aromatic heterocycles. The molecule has 0 radical (unpaired) electrons. The first kappa shape index (κ1) is 16.8. The van der Waals surface area contributed by atoms with Crippen molar-refractivity contribution in [3.63, 3.8) is 0 Å². The van der Waals surface area contributed by atoms with Crippen LogP contribution >= 0.6 is 0 Å². The number of rotatable bonds is 5. The van der Waals surface area contributed by atoms with Crippen LogP contribution < -0.4 is 14.9 Å². The van der Waals surface area contributed by atoms with E-state index in [0.717, 1.165) is 33.2 Å². The fourth-order valence-electron chi connectivity index (χ4n) is 3.17. The van der Waals surface area contributed by atoms with Gasteiger partial charge in [-0.1, -0.05) is 18.2 Å². The van der Waals surface area contributed by atoms with Gasteiger partial charge in [0.05, 0.1) is 26.0 Å². The van der Waals surface area contributed by atoms with E-state index in [1.165, 1.54) is 0 Å². The number of aromatic nitrogens is 3. The molecule has 2 aromatic carbocycles. The van der Waals surface area contributed by atoms with Crippen LogP contribution in [0.3, 0.4) is 0 Å². The smallest absolute Gasteiger partial charge is 0.174 e. The van der Waals surface area contributed by atoms with Gasteiger partial charge in [-0.25, -0.2) is 9.97 Å². The molecular weight excluding hydrogens is 342 g/mol. The molecule has 0 bridgehead atoms. The Hall–Kier alpha value is -3.61. The number of nitrogens with zero attached hydrogens (tertiary/aromatic N) is 4. The maximum absolute atomic E-state index is 5.37. The zero-order valence-electron chi connectivity index (χ0n) is 15.3. The normalized spacial score (nSPS) is 11.4. The molecule has 0 saturated heterocycles. The Bertz CT molecular complexity index is 1150. The van der Waals surface area contributed by atoms with Crippen LogP contribution in [-0.4, -0.2) is 35.0 Å². The van der Waals surface area contributed by atoms with Crippen LogP contribution in [0.25, 0.3) is 21.9 Å². The van der Waals surface area contributed by atoms with E-state index in [9.17, 15) is 0 Å². The number of benzene rings is 2. The summed E-state index contributed by atoms with van der Waals surface area (Å²) in [5, 5.41) is 5.43. The van der Waals surface area contributed by atoms with Gasteiger partial charge in [-0.05, 0) is 24.3 Å². The third-order valence-corrected chi connectivity index (χ3v) is 4.49. The molecule has 4 rings (SSSR count). The lowest BCUT2D eigenvalue weighted by atomic mass is 10.2. The molecule has 0 aliphatic rings. The average Bonchev–Trinajstić information content (AvgIpc) is 3.01. The van der Waals surface area contributed by atoms with E-state index in [0.29, 0.717) is 11.6 Å². The number of fused-ring (bicyclic) bond motifs is 3. The van der Waals surface area contributed by atoms with Gasteiger partial charge < -0.3 is 14.0 Å². The first-order valence-corrected chi connectivity index (χ1v) is 8.42. The number of anilines is 1. The zero-order chi connectivity index (χ0) is 18.8. The number of hydrogen-bond donors (Lipinski definition) is 1. The van der Waals surface area contributed by atoms with Gasteiger partial charge in [-0.2, -0.15) is 5.10 Å². The molecule has 0 saturated carbocycles. The zero-order valence-corrected chi connectivity index (χ0v) is 15.3. The molecule has 0 spiro atoms. The molecule has 7 heteroatoms. The Morgan fingerprint density at radius 2 is 1.93 bits per heavy atom. The number of ether oxygens (including phenoxy) is 2. The van der Waals surface area contributed by atoms with Crippen molar-refractivity contribution in [1.82, 2.24) is 14.5 Å². The van der Waals surface area contributed by atoms with Crippen molar-refractivity contribution in [2.45, 2.75) is 0 Å². The molecule has 1 N–H and O–H groups in total. The largest absolute Gasteiger partial charge is 0.497 e.